The molecule has 0 radical (unpaired) electrons. The molecule has 20 heavy (non-hydrogen) atoms. The van der Waals surface area contributed by atoms with E-state index in [1.165, 1.54) is 37.8 Å². The summed E-state index contributed by atoms with van der Waals surface area (Å²) >= 11 is 0. The number of aliphatic hydroxyl groups is 1. The molecule has 1 fully saturated rings. The van der Waals surface area contributed by atoms with Gasteiger partial charge in [0, 0.05) is 12.1 Å². The second kappa shape index (κ2) is 7.19. The Balaban J connectivity index is 2.01. The highest BCUT2D eigenvalue weighted by Gasteiger charge is 2.27. The smallest absolute Gasteiger partial charge is 0.123 e. The van der Waals surface area contributed by atoms with Gasteiger partial charge in [-0.3, -0.25) is 0 Å². The molecule has 0 aliphatic heterocycles. The third-order valence-corrected chi connectivity index (χ3v) is 4.57. The molecule has 1 saturated carbocycles. The fraction of sp³-hybridized carbons (Fsp3) is 0.647. The number of benzene rings is 1. The SMILES string of the molecule is CCC(NC1CCCCC1C)C(O)c1ccc(F)cc1. The summed E-state index contributed by atoms with van der Waals surface area (Å²) in [5.41, 5.74) is 0.786. The van der Waals surface area contributed by atoms with E-state index in [0.717, 1.165) is 12.0 Å². The Morgan fingerprint density at radius 3 is 2.50 bits per heavy atom. The normalized spacial score (nSPS) is 26.2. The van der Waals surface area contributed by atoms with Crippen LogP contribution in [0.3, 0.4) is 0 Å². The minimum Gasteiger partial charge on any atom is -0.387 e. The highest BCUT2D eigenvalue weighted by Crippen LogP contribution is 2.27. The Bertz CT molecular complexity index is 406. The third-order valence-electron chi connectivity index (χ3n) is 4.57. The van der Waals surface area contributed by atoms with Crippen molar-refractivity contribution < 1.29 is 9.50 Å². The van der Waals surface area contributed by atoms with Crippen LogP contribution in [0.25, 0.3) is 0 Å². The van der Waals surface area contributed by atoms with Crippen molar-refractivity contribution in [1.29, 1.82) is 0 Å². The molecule has 1 aromatic carbocycles. The molecule has 0 aromatic heterocycles. The number of nitrogens with one attached hydrogen (secondary N) is 1. The average molecular weight is 279 g/mol. The zero-order valence-electron chi connectivity index (χ0n) is 12.5. The molecule has 4 unspecified atom stereocenters. The fourth-order valence-electron chi connectivity index (χ4n) is 3.16. The van der Waals surface area contributed by atoms with Gasteiger partial charge in [-0.15, -0.1) is 0 Å². The molecule has 1 aromatic rings. The Morgan fingerprint density at radius 1 is 1.25 bits per heavy atom. The van der Waals surface area contributed by atoms with Crippen LogP contribution in [0.15, 0.2) is 24.3 Å². The second-order valence-electron chi connectivity index (χ2n) is 6.05. The topological polar surface area (TPSA) is 32.3 Å². The minimum absolute atomic E-state index is 0.0333. The molecule has 2 N–H and O–H groups in total. The van der Waals surface area contributed by atoms with Crippen molar-refractivity contribution in [3.05, 3.63) is 35.6 Å². The van der Waals surface area contributed by atoms with E-state index in [2.05, 4.69) is 19.2 Å². The van der Waals surface area contributed by atoms with Crippen molar-refractivity contribution in [1.82, 2.24) is 5.32 Å². The first kappa shape index (κ1) is 15.5. The first-order chi connectivity index (χ1) is 9.61. The molecule has 1 aliphatic carbocycles. The number of hydrogen-bond donors (Lipinski definition) is 2. The van der Waals surface area contributed by atoms with Gasteiger partial charge in [0.15, 0.2) is 0 Å². The highest BCUT2D eigenvalue weighted by molar-refractivity contribution is 5.20. The summed E-state index contributed by atoms with van der Waals surface area (Å²) < 4.78 is 13.0. The van der Waals surface area contributed by atoms with Crippen LogP contribution in [-0.2, 0) is 0 Å². The van der Waals surface area contributed by atoms with E-state index < -0.39 is 6.10 Å². The van der Waals surface area contributed by atoms with Gasteiger partial charge in [0.05, 0.1) is 6.10 Å². The Hall–Kier alpha value is -0.930. The lowest BCUT2D eigenvalue weighted by atomic mass is 9.85. The molecular weight excluding hydrogens is 253 g/mol. The summed E-state index contributed by atoms with van der Waals surface area (Å²) in [6.45, 7) is 4.37. The molecule has 1 aliphatic rings. The third kappa shape index (κ3) is 3.80. The molecule has 112 valence electrons. The number of rotatable bonds is 5. The van der Waals surface area contributed by atoms with Crippen LogP contribution < -0.4 is 5.32 Å². The van der Waals surface area contributed by atoms with Gasteiger partial charge in [-0.05, 0) is 42.9 Å². The summed E-state index contributed by atoms with van der Waals surface area (Å²) in [6.07, 6.45) is 5.33. The van der Waals surface area contributed by atoms with E-state index >= 15 is 0 Å². The van der Waals surface area contributed by atoms with Crippen molar-refractivity contribution in [2.45, 2.75) is 64.1 Å². The predicted molar refractivity (Wildman–Crippen MR) is 80.0 cm³/mol. The van der Waals surface area contributed by atoms with E-state index in [-0.39, 0.29) is 11.9 Å². The lowest BCUT2D eigenvalue weighted by Crippen LogP contribution is -2.46. The standard InChI is InChI=1S/C17H26FNO/c1-3-15(19-16-7-5-4-6-12(16)2)17(20)13-8-10-14(18)11-9-13/h8-12,15-17,19-20H,3-7H2,1-2H3. The van der Waals surface area contributed by atoms with Crippen LogP contribution in [0, 0.1) is 11.7 Å². The molecule has 0 spiro atoms. The van der Waals surface area contributed by atoms with Crippen molar-refractivity contribution >= 4 is 0 Å². The lowest BCUT2D eigenvalue weighted by Gasteiger charge is -2.35. The van der Waals surface area contributed by atoms with Crippen molar-refractivity contribution in [2.75, 3.05) is 0 Å². The molecule has 0 heterocycles. The minimum atomic E-state index is -0.574. The predicted octanol–water partition coefficient (Wildman–Crippen LogP) is 3.81. The maximum Gasteiger partial charge on any atom is 0.123 e. The van der Waals surface area contributed by atoms with Crippen molar-refractivity contribution in [3.63, 3.8) is 0 Å². The maximum absolute atomic E-state index is 13.0. The van der Waals surface area contributed by atoms with Crippen LogP contribution >= 0.6 is 0 Å². The molecule has 0 bridgehead atoms. The van der Waals surface area contributed by atoms with Crippen LogP contribution in [0.2, 0.25) is 0 Å². The van der Waals surface area contributed by atoms with Crippen LogP contribution in [-0.4, -0.2) is 17.2 Å². The Kier molecular flexibility index (Phi) is 5.55. The first-order valence-electron chi connectivity index (χ1n) is 7.81. The van der Waals surface area contributed by atoms with Crippen molar-refractivity contribution in [2.24, 2.45) is 5.92 Å². The molecule has 0 amide bonds. The van der Waals surface area contributed by atoms with Gasteiger partial charge in [-0.1, -0.05) is 38.8 Å². The summed E-state index contributed by atoms with van der Waals surface area (Å²) in [6, 6.07) is 6.70. The maximum atomic E-state index is 13.0. The summed E-state index contributed by atoms with van der Waals surface area (Å²) in [5, 5.41) is 14.1. The van der Waals surface area contributed by atoms with Gasteiger partial charge >= 0.3 is 0 Å². The monoisotopic (exact) mass is 279 g/mol. The van der Waals surface area contributed by atoms with Gasteiger partial charge in [-0.25, -0.2) is 4.39 Å². The van der Waals surface area contributed by atoms with Crippen LogP contribution in [0.4, 0.5) is 4.39 Å². The van der Waals surface area contributed by atoms with E-state index in [9.17, 15) is 9.50 Å². The van der Waals surface area contributed by atoms with Gasteiger partial charge in [0.1, 0.15) is 5.82 Å². The molecule has 2 nitrogen and oxygen atoms in total. The molecule has 2 rings (SSSR count). The van der Waals surface area contributed by atoms with Crippen LogP contribution in [0.1, 0.15) is 57.6 Å². The van der Waals surface area contributed by atoms with E-state index in [0.29, 0.717) is 12.0 Å². The summed E-state index contributed by atoms with van der Waals surface area (Å²) in [4.78, 5) is 0. The number of hydrogen-bond acceptors (Lipinski definition) is 2. The summed E-state index contributed by atoms with van der Waals surface area (Å²) in [5.74, 6) is 0.404. The van der Waals surface area contributed by atoms with Gasteiger partial charge in [-0.2, -0.15) is 0 Å². The molecule has 0 saturated heterocycles. The van der Waals surface area contributed by atoms with E-state index in [4.69, 9.17) is 0 Å². The van der Waals surface area contributed by atoms with Gasteiger partial charge in [0.25, 0.3) is 0 Å². The lowest BCUT2D eigenvalue weighted by molar-refractivity contribution is 0.106. The van der Waals surface area contributed by atoms with Gasteiger partial charge < -0.3 is 10.4 Å². The number of halogens is 1. The second-order valence-corrected chi connectivity index (χ2v) is 6.05. The molecule has 3 heteroatoms. The zero-order valence-corrected chi connectivity index (χ0v) is 12.5. The molecular formula is C17H26FNO. The Labute approximate surface area is 121 Å². The van der Waals surface area contributed by atoms with Crippen LogP contribution in [0.5, 0.6) is 0 Å². The summed E-state index contributed by atoms with van der Waals surface area (Å²) in [7, 11) is 0. The fourth-order valence-corrected chi connectivity index (χ4v) is 3.16. The Morgan fingerprint density at radius 2 is 1.90 bits per heavy atom. The van der Waals surface area contributed by atoms with Gasteiger partial charge in [0.2, 0.25) is 0 Å². The largest absolute Gasteiger partial charge is 0.387 e. The first-order valence-corrected chi connectivity index (χ1v) is 7.81. The van der Waals surface area contributed by atoms with Crippen molar-refractivity contribution in [3.8, 4) is 0 Å². The van der Waals surface area contributed by atoms with E-state index in [1.54, 1.807) is 12.1 Å². The quantitative estimate of drug-likeness (QED) is 0.859. The average Bonchev–Trinajstić information content (AvgIpc) is 2.46. The molecule has 4 atom stereocenters. The highest BCUT2D eigenvalue weighted by atomic mass is 19.1. The zero-order chi connectivity index (χ0) is 14.5. The number of aliphatic hydroxyl groups excluding tert-OH is 1. The van der Waals surface area contributed by atoms with E-state index in [1.807, 2.05) is 0 Å².